The number of pyridine rings is 2. The quantitative estimate of drug-likeness (QED) is 0.425. The second-order valence-electron chi connectivity index (χ2n) is 9.49. The number of carbonyl (C=O) groups excluding carboxylic acids is 1. The minimum Gasteiger partial charge on any atom is -0.368 e. The van der Waals surface area contributed by atoms with Crippen molar-refractivity contribution in [3.63, 3.8) is 0 Å². The fourth-order valence-electron chi connectivity index (χ4n) is 5.23. The molecule has 2 aromatic carbocycles. The minimum absolute atomic E-state index is 0.0542. The molecule has 0 bridgehead atoms. The average Bonchev–Trinajstić information content (AvgIpc) is 2.97. The summed E-state index contributed by atoms with van der Waals surface area (Å²) in [7, 11) is 0. The molecule has 4 heterocycles. The van der Waals surface area contributed by atoms with Crippen LogP contribution in [0.25, 0.3) is 10.8 Å². The number of fused-ring (bicyclic) bond motifs is 1. The van der Waals surface area contributed by atoms with Crippen LogP contribution in [-0.4, -0.2) is 73.1 Å². The summed E-state index contributed by atoms with van der Waals surface area (Å²) in [4.78, 5) is 31.3. The number of piperazine rings is 2. The minimum atomic E-state index is -0.220. The van der Waals surface area contributed by atoms with Gasteiger partial charge in [-0.05, 0) is 60.0 Å². The van der Waals surface area contributed by atoms with Crippen molar-refractivity contribution in [2.45, 2.75) is 0 Å². The first-order chi connectivity index (χ1) is 18.2. The molecule has 1 amide bonds. The lowest BCUT2D eigenvalue weighted by Gasteiger charge is -2.37. The number of benzene rings is 2. The van der Waals surface area contributed by atoms with E-state index in [2.05, 4.69) is 19.7 Å². The van der Waals surface area contributed by atoms with Crippen LogP contribution in [0.15, 0.2) is 79.1 Å². The zero-order chi connectivity index (χ0) is 25.2. The number of carbonyl (C=O) groups is 1. The summed E-state index contributed by atoms with van der Waals surface area (Å²) >= 11 is 0. The molecule has 7 nitrogen and oxygen atoms in total. The smallest absolute Gasteiger partial charge is 0.253 e. The van der Waals surface area contributed by atoms with E-state index in [1.54, 1.807) is 6.20 Å². The summed E-state index contributed by atoms with van der Waals surface area (Å²) in [5, 5.41) is 2.07. The molecule has 0 radical (unpaired) electrons. The normalized spacial score (nSPS) is 16.4. The molecule has 8 heteroatoms. The second-order valence-corrected chi connectivity index (χ2v) is 9.49. The first-order valence-corrected chi connectivity index (χ1v) is 12.8. The van der Waals surface area contributed by atoms with Gasteiger partial charge in [-0.15, -0.1) is 0 Å². The van der Waals surface area contributed by atoms with Crippen LogP contribution in [0.2, 0.25) is 0 Å². The van der Waals surface area contributed by atoms with Gasteiger partial charge in [-0.3, -0.25) is 4.79 Å². The predicted molar refractivity (Wildman–Crippen MR) is 145 cm³/mol. The Morgan fingerprint density at radius 3 is 2.16 bits per heavy atom. The van der Waals surface area contributed by atoms with Gasteiger partial charge in [0.25, 0.3) is 5.91 Å². The lowest BCUT2D eigenvalue weighted by molar-refractivity contribution is 0.0746. The van der Waals surface area contributed by atoms with Gasteiger partial charge < -0.3 is 19.6 Å². The van der Waals surface area contributed by atoms with Crippen molar-refractivity contribution in [3.05, 3.63) is 90.5 Å². The van der Waals surface area contributed by atoms with Gasteiger partial charge in [0.1, 0.15) is 17.5 Å². The van der Waals surface area contributed by atoms with Crippen molar-refractivity contribution in [3.8, 4) is 0 Å². The highest BCUT2D eigenvalue weighted by Gasteiger charge is 2.24. The van der Waals surface area contributed by atoms with Gasteiger partial charge in [0.2, 0.25) is 0 Å². The molecule has 0 saturated carbocycles. The van der Waals surface area contributed by atoms with Crippen molar-refractivity contribution in [1.82, 2.24) is 14.9 Å². The Hall–Kier alpha value is -4.20. The Labute approximate surface area is 215 Å². The van der Waals surface area contributed by atoms with Crippen LogP contribution in [0.5, 0.6) is 0 Å². The van der Waals surface area contributed by atoms with Crippen molar-refractivity contribution < 1.29 is 9.18 Å². The van der Waals surface area contributed by atoms with Gasteiger partial charge in [0, 0.05) is 81.4 Å². The fraction of sp³-hybridized carbons (Fsp3) is 0.276. The highest BCUT2D eigenvalue weighted by atomic mass is 19.1. The van der Waals surface area contributed by atoms with E-state index in [0.717, 1.165) is 67.4 Å². The molecule has 37 heavy (non-hydrogen) atoms. The molecule has 0 N–H and O–H groups in total. The summed E-state index contributed by atoms with van der Waals surface area (Å²) in [6.45, 7) is 6.11. The van der Waals surface area contributed by atoms with Gasteiger partial charge in [0.05, 0.1) is 0 Å². The Balaban J connectivity index is 1.16. The highest BCUT2D eigenvalue weighted by Crippen LogP contribution is 2.28. The van der Waals surface area contributed by atoms with E-state index in [0.29, 0.717) is 18.7 Å². The molecular formula is C29H29FN6O. The maximum Gasteiger partial charge on any atom is 0.253 e. The summed E-state index contributed by atoms with van der Waals surface area (Å²) in [5.74, 6) is 1.70. The van der Waals surface area contributed by atoms with Crippen molar-refractivity contribution in [2.75, 3.05) is 67.1 Å². The van der Waals surface area contributed by atoms with Gasteiger partial charge >= 0.3 is 0 Å². The van der Waals surface area contributed by atoms with Crippen LogP contribution < -0.4 is 14.7 Å². The third-order valence-electron chi connectivity index (χ3n) is 7.30. The molecule has 2 aromatic heterocycles. The lowest BCUT2D eigenvalue weighted by atomic mass is 10.1. The third kappa shape index (κ3) is 4.79. The summed E-state index contributed by atoms with van der Waals surface area (Å²) in [6.07, 6.45) is 3.64. The number of anilines is 3. The number of rotatable bonds is 4. The number of halogens is 1. The van der Waals surface area contributed by atoms with Gasteiger partial charge in [0.15, 0.2) is 0 Å². The molecule has 0 aliphatic carbocycles. The van der Waals surface area contributed by atoms with Gasteiger partial charge in [-0.25, -0.2) is 14.4 Å². The number of hydrogen-bond donors (Lipinski definition) is 0. The van der Waals surface area contributed by atoms with Crippen molar-refractivity contribution >= 4 is 34.0 Å². The molecule has 2 aliphatic heterocycles. The second kappa shape index (κ2) is 10.0. The monoisotopic (exact) mass is 496 g/mol. The summed E-state index contributed by atoms with van der Waals surface area (Å²) in [5.41, 5.74) is 1.72. The molecule has 2 fully saturated rings. The lowest BCUT2D eigenvalue weighted by Crippen LogP contribution is -2.49. The van der Waals surface area contributed by atoms with E-state index >= 15 is 0 Å². The topological polar surface area (TPSA) is 55.8 Å². The number of amides is 1. The van der Waals surface area contributed by atoms with E-state index in [-0.39, 0.29) is 11.7 Å². The summed E-state index contributed by atoms with van der Waals surface area (Å²) < 4.78 is 13.3. The molecule has 0 spiro atoms. The molecular weight excluding hydrogens is 467 g/mol. The fourth-order valence-corrected chi connectivity index (χ4v) is 5.23. The van der Waals surface area contributed by atoms with Gasteiger partial charge in [-0.1, -0.05) is 12.1 Å². The van der Waals surface area contributed by atoms with E-state index < -0.39 is 0 Å². The number of nitrogens with zero attached hydrogens (tertiary/aromatic N) is 6. The average molecular weight is 497 g/mol. The van der Waals surface area contributed by atoms with Crippen LogP contribution in [0.4, 0.5) is 21.7 Å². The zero-order valence-corrected chi connectivity index (χ0v) is 20.6. The SMILES string of the molecule is O=C(c1ccc2ccnc(N3CCN(c4ccc(F)cc4)CC3)c2c1)N1CCN(c2ccccn2)CC1. The Kier molecular flexibility index (Phi) is 6.30. The highest BCUT2D eigenvalue weighted by molar-refractivity contribution is 6.01. The zero-order valence-electron chi connectivity index (χ0n) is 20.6. The first kappa shape index (κ1) is 23.2. The van der Waals surface area contributed by atoms with Crippen LogP contribution in [-0.2, 0) is 0 Å². The van der Waals surface area contributed by atoms with Crippen molar-refractivity contribution in [2.24, 2.45) is 0 Å². The summed E-state index contributed by atoms with van der Waals surface area (Å²) in [6, 6.07) is 20.5. The number of aromatic nitrogens is 2. The molecule has 2 aliphatic rings. The maximum atomic E-state index is 13.4. The molecule has 188 valence electrons. The van der Waals surface area contributed by atoms with Gasteiger partial charge in [-0.2, -0.15) is 0 Å². The molecule has 2 saturated heterocycles. The van der Waals surface area contributed by atoms with Crippen LogP contribution in [0.1, 0.15) is 10.4 Å². The first-order valence-electron chi connectivity index (χ1n) is 12.8. The molecule has 6 rings (SSSR count). The van der Waals surface area contributed by atoms with Crippen LogP contribution in [0, 0.1) is 5.82 Å². The number of hydrogen-bond acceptors (Lipinski definition) is 6. The third-order valence-corrected chi connectivity index (χ3v) is 7.30. The standard InChI is InChI=1S/C29H29FN6O/c30-24-6-8-25(9-7-24)33-13-17-35(18-14-33)28-26-21-23(5-4-22(26)10-12-32-28)29(37)36-19-15-34(16-20-36)27-3-1-2-11-31-27/h1-12,21H,13-20H2. The Morgan fingerprint density at radius 1 is 0.703 bits per heavy atom. The van der Waals surface area contributed by atoms with E-state index in [4.69, 9.17) is 4.98 Å². The molecule has 0 unspecified atom stereocenters. The molecule has 4 aromatic rings. The predicted octanol–water partition coefficient (Wildman–Crippen LogP) is 4.06. The maximum absolute atomic E-state index is 13.4. The Bertz CT molecular complexity index is 1380. The Morgan fingerprint density at radius 2 is 1.43 bits per heavy atom. The molecule has 0 atom stereocenters. The van der Waals surface area contributed by atoms with E-state index in [1.807, 2.05) is 65.7 Å². The van der Waals surface area contributed by atoms with E-state index in [1.165, 1.54) is 12.1 Å². The largest absolute Gasteiger partial charge is 0.368 e. The van der Waals surface area contributed by atoms with Crippen molar-refractivity contribution in [1.29, 1.82) is 0 Å². The van der Waals surface area contributed by atoms with Crippen LogP contribution >= 0.6 is 0 Å². The van der Waals surface area contributed by atoms with E-state index in [9.17, 15) is 9.18 Å². The van der Waals surface area contributed by atoms with Crippen LogP contribution in [0.3, 0.4) is 0 Å².